The summed E-state index contributed by atoms with van der Waals surface area (Å²) in [6.07, 6.45) is 0.988. The zero-order valence-electron chi connectivity index (χ0n) is 15.9. The average molecular weight is 420 g/mol. The van der Waals surface area contributed by atoms with Gasteiger partial charge in [-0.25, -0.2) is 0 Å². The molecule has 0 aromatic heterocycles. The predicted octanol–water partition coefficient (Wildman–Crippen LogP) is 5.06. The van der Waals surface area contributed by atoms with Crippen molar-refractivity contribution in [2.45, 2.75) is 33.1 Å². The molecule has 0 bridgehead atoms. The van der Waals surface area contributed by atoms with Crippen LogP contribution in [0.1, 0.15) is 37.8 Å². The molecule has 0 aliphatic rings. The van der Waals surface area contributed by atoms with Crippen molar-refractivity contribution in [2.24, 2.45) is 5.92 Å². The molecule has 28 heavy (non-hydrogen) atoms. The second-order valence-electron chi connectivity index (χ2n) is 6.93. The van der Waals surface area contributed by atoms with E-state index < -0.39 is 10.8 Å². The number of hydrogen-bond acceptors (Lipinski definition) is 4. The number of hydrogen-bond donors (Lipinski definition) is 2. The number of nitrogens with one attached hydrogen (secondary N) is 2. The van der Waals surface area contributed by atoms with Crippen LogP contribution in [0.3, 0.4) is 0 Å². The average Bonchev–Trinajstić information content (AvgIpc) is 2.62. The van der Waals surface area contributed by atoms with Gasteiger partial charge < -0.3 is 10.6 Å². The Bertz CT molecular complexity index is 885. The minimum Gasteiger partial charge on any atom is -0.332 e. The van der Waals surface area contributed by atoms with Crippen LogP contribution in [-0.2, 0) is 11.2 Å². The molecule has 6 nitrogen and oxygen atoms in total. The first kappa shape index (κ1) is 21.8. The van der Waals surface area contributed by atoms with Crippen molar-refractivity contribution in [3.63, 3.8) is 0 Å². The second-order valence-corrected chi connectivity index (χ2v) is 7.74. The van der Waals surface area contributed by atoms with Gasteiger partial charge in [-0.05, 0) is 54.7 Å². The van der Waals surface area contributed by atoms with Gasteiger partial charge in [0.05, 0.1) is 10.8 Å². The summed E-state index contributed by atoms with van der Waals surface area (Å²) in [5, 5.41) is 16.4. The molecule has 2 aromatic carbocycles. The number of carbonyl (C=O) groups excluding carboxylic acids is 1. The number of thiocarbonyl (C=S) groups is 1. The minimum absolute atomic E-state index is 0.0278. The summed E-state index contributed by atoms with van der Waals surface area (Å²) in [6, 6.07) is 12.2. The summed E-state index contributed by atoms with van der Waals surface area (Å²) in [5.41, 5.74) is 2.24. The second kappa shape index (κ2) is 9.61. The third-order valence-corrected chi connectivity index (χ3v) is 4.68. The molecule has 2 aromatic rings. The van der Waals surface area contributed by atoms with Crippen LogP contribution < -0.4 is 10.6 Å². The number of amides is 1. The molecule has 1 amide bonds. The molecule has 0 spiro atoms. The van der Waals surface area contributed by atoms with Crippen molar-refractivity contribution in [2.75, 3.05) is 5.32 Å². The van der Waals surface area contributed by atoms with Gasteiger partial charge in [-0.2, -0.15) is 0 Å². The molecular formula is C20H22ClN3O3S. The van der Waals surface area contributed by atoms with Crippen LogP contribution >= 0.6 is 23.8 Å². The lowest BCUT2D eigenvalue weighted by Crippen LogP contribution is -2.36. The lowest BCUT2D eigenvalue weighted by atomic mass is 9.96. The van der Waals surface area contributed by atoms with E-state index in [1.807, 2.05) is 24.3 Å². The third kappa shape index (κ3) is 6.00. The largest absolute Gasteiger partial charge is 0.332 e. The molecule has 1 unspecified atom stereocenters. The fourth-order valence-electron chi connectivity index (χ4n) is 2.68. The van der Waals surface area contributed by atoms with Crippen LogP contribution in [0.5, 0.6) is 0 Å². The number of anilines is 1. The van der Waals surface area contributed by atoms with Crippen molar-refractivity contribution < 1.29 is 9.72 Å². The molecule has 8 heteroatoms. The lowest BCUT2D eigenvalue weighted by molar-refractivity contribution is -0.384. The van der Waals surface area contributed by atoms with E-state index in [1.54, 1.807) is 13.0 Å². The van der Waals surface area contributed by atoms with Crippen LogP contribution in [0.4, 0.5) is 11.4 Å². The number of nitro benzene ring substituents is 1. The topological polar surface area (TPSA) is 84.3 Å². The Morgan fingerprint density at radius 3 is 2.39 bits per heavy atom. The Hall–Kier alpha value is -2.51. The highest BCUT2D eigenvalue weighted by Crippen LogP contribution is 2.27. The van der Waals surface area contributed by atoms with Crippen molar-refractivity contribution in [1.29, 1.82) is 0 Å². The van der Waals surface area contributed by atoms with E-state index in [1.165, 1.54) is 17.7 Å². The standard InChI is InChI=1S/C20H22ClN3O3S/c1-12(2)10-14-4-6-15(7-5-14)13(3)19(25)23-20(28)22-16-8-9-17(21)18(11-16)24(26)27/h4-9,11-13H,10H2,1-3H3,(H2,22,23,25,28). The van der Waals surface area contributed by atoms with E-state index >= 15 is 0 Å². The van der Waals surface area contributed by atoms with Crippen molar-refractivity contribution >= 4 is 46.2 Å². The van der Waals surface area contributed by atoms with Gasteiger partial charge in [0.25, 0.3) is 5.69 Å². The number of carbonyl (C=O) groups is 1. The summed E-state index contributed by atoms with van der Waals surface area (Å²) in [5.74, 6) is -0.0938. The number of halogens is 1. The van der Waals surface area contributed by atoms with Crippen LogP contribution in [-0.4, -0.2) is 15.9 Å². The maximum Gasteiger partial charge on any atom is 0.289 e. The van der Waals surface area contributed by atoms with Crippen LogP contribution in [0.15, 0.2) is 42.5 Å². The molecule has 1 atom stereocenters. The first-order chi connectivity index (χ1) is 13.2. The molecular weight excluding hydrogens is 398 g/mol. The van der Waals surface area contributed by atoms with Crippen molar-refractivity contribution in [1.82, 2.24) is 5.32 Å². The number of nitro groups is 1. The molecule has 148 valence electrons. The zero-order chi connectivity index (χ0) is 20.8. The van der Waals surface area contributed by atoms with Gasteiger partial charge in [-0.3, -0.25) is 14.9 Å². The van der Waals surface area contributed by atoms with E-state index in [0.717, 1.165) is 12.0 Å². The van der Waals surface area contributed by atoms with Crippen molar-refractivity contribution in [3.8, 4) is 0 Å². The fourth-order valence-corrected chi connectivity index (χ4v) is 3.08. The maximum atomic E-state index is 12.5. The Balaban J connectivity index is 1.99. The molecule has 0 aliphatic carbocycles. The molecule has 0 saturated heterocycles. The number of nitrogens with zero attached hydrogens (tertiary/aromatic N) is 1. The normalized spacial score (nSPS) is 11.8. The van der Waals surface area contributed by atoms with Gasteiger partial charge in [0.2, 0.25) is 5.91 Å². The molecule has 2 N–H and O–H groups in total. The molecule has 0 aliphatic heterocycles. The Morgan fingerprint density at radius 2 is 1.82 bits per heavy atom. The summed E-state index contributed by atoms with van der Waals surface area (Å²) in [6.45, 7) is 6.11. The van der Waals surface area contributed by atoms with Gasteiger partial charge in [0, 0.05) is 11.8 Å². The van der Waals surface area contributed by atoms with Crippen LogP contribution in [0, 0.1) is 16.0 Å². The highest BCUT2D eigenvalue weighted by atomic mass is 35.5. The van der Waals surface area contributed by atoms with Crippen LogP contribution in [0.2, 0.25) is 5.02 Å². The third-order valence-electron chi connectivity index (χ3n) is 4.15. The monoisotopic (exact) mass is 419 g/mol. The van der Waals surface area contributed by atoms with E-state index in [2.05, 4.69) is 24.5 Å². The summed E-state index contributed by atoms with van der Waals surface area (Å²) < 4.78 is 0. The van der Waals surface area contributed by atoms with Gasteiger partial charge in [0.15, 0.2) is 5.11 Å². The fraction of sp³-hybridized carbons (Fsp3) is 0.300. The Labute approximate surface area is 174 Å². The number of benzene rings is 2. The van der Waals surface area contributed by atoms with E-state index in [9.17, 15) is 14.9 Å². The summed E-state index contributed by atoms with van der Waals surface area (Å²) in [4.78, 5) is 22.8. The molecule has 0 fully saturated rings. The molecule has 0 radical (unpaired) electrons. The highest BCUT2D eigenvalue weighted by Gasteiger charge is 2.18. The first-order valence-electron chi connectivity index (χ1n) is 8.82. The summed E-state index contributed by atoms with van der Waals surface area (Å²) >= 11 is 10.9. The lowest BCUT2D eigenvalue weighted by Gasteiger charge is -2.15. The molecule has 0 heterocycles. The smallest absolute Gasteiger partial charge is 0.289 e. The highest BCUT2D eigenvalue weighted by molar-refractivity contribution is 7.80. The van der Waals surface area contributed by atoms with Gasteiger partial charge in [-0.15, -0.1) is 0 Å². The van der Waals surface area contributed by atoms with E-state index in [0.29, 0.717) is 11.6 Å². The maximum absolute atomic E-state index is 12.5. The minimum atomic E-state index is -0.583. The SMILES string of the molecule is CC(C)Cc1ccc(C(C)C(=O)NC(=S)Nc2ccc(Cl)c([N+](=O)[O-])c2)cc1. The Kier molecular flexibility index (Phi) is 7.48. The van der Waals surface area contributed by atoms with Crippen LogP contribution in [0.25, 0.3) is 0 Å². The number of rotatable bonds is 6. The summed E-state index contributed by atoms with van der Waals surface area (Å²) in [7, 11) is 0. The molecule has 0 saturated carbocycles. The Morgan fingerprint density at radius 1 is 1.18 bits per heavy atom. The zero-order valence-corrected chi connectivity index (χ0v) is 17.4. The van der Waals surface area contributed by atoms with Crippen molar-refractivity contribution in [3.05, 3.63) is 68.7 Å². The first-order valence-corrected chi connectivity index (χ1v) is 9.60. The van der Waals surface area contributed by atoms with E-state index in [-0.39, 0.29) is 21.7 Å². The van der Waals surface area contributed by atoms with E-state index in [4.69, 9.17) is 23.8 Å². The van der Waals surface area contributed by atoms with Gasteiger partial charge >= 0.3 is 0 Å². The quantitative estimate of drug-likeness (QED) is 0.388. The van der Waals surface area contributed by atoms with Gasteiger partial charge in [-0.1, -0.05) is 49.7 Å². The predicted molar refractivity (Wildman–Crippen MR) is 116 cm³/mol. The molecule has 2 rings (SSSR count). The van der Waals surface area contributed by atoms with Gasteiger partial charge in [0.1, 0.15) is 5.02 Å².